The second-order valence-corrected chi connectivity index (χ2v) is 6.00. The van der Waals surface area contributed by atoms with Gasteiger partial charge in [-0.05, 0) is 37.0 Å². The molecular weight excluding hydrogens is 298 g/mol. The van der Waals surface area contributed by atoms with Crippen LogP contribution in [0.3, 0.4) is 0 Å². The summed E-state index contributed by atoms with van der Waals surface area (Å²) in [6, 6.07) is 8.63. The third-order valence-corrected chi connectivity index (χ3v) is 4.36. The molecule has 0 aromatic heterocycles. The Labute approximate surface area is 140 Å². The highest BCUT2D eigenvalue weighted by Crippen LogP contribution is 2.20. The minimum atomic E-state index is 0. The van der Waals surface area contributed by atoms with E-state index in [9.17, 15) is 4.79 Å². The van der Waals surface area contributed by atoms with Crippen LogP contribution in [0.4, 0.5) is 5.69 Å². The Morgan fingerprint density at radius 2 is 2.09 bits per heavy atom. The zero-order valence-electron chi connectivity index (χ0n) is 13.8. The van der Waals surface area contributed by atoms with Crippen LogP contribution in [0.2, 0.25) is 0 Å². The molecule has 0 saturated carbocycles. The lowest BCUT2D eigenvalue weighted by Crippen LogP contribution is -2.51. The van der Waals surface area contributed by atoms with E-state index in [4.69, 9.17) is 0 Å². The molecule has 1 aromatic carbocycles. The number of benzene rings is 1. The molecule has 1 heterocycles. The first-order valence-corrected chi connectivity index (χ1v) is 7.94. The molecule has 0 aliphatic carbocycles. The molecule has 0 bridgehead atoms. The molecule has 4 nitrogen and oxygen atoms in total. The van der Waals surface area contributed by atoms with Crippen LogP contribution in [0.25, 0.3) is 0 Å². The maximum absolute atomic E-state index is 12.1. The van der Waals surface area contributed by atoms with Gasteiger partial charge in [0.2, 0.25) is 5.91 Å². The van der Waals surface area contributed by atoms with Crippen molar-refractivity contribution in [3.8, 4) is 0 Å². The molecule has 1 aliphatic rings. The smallest absolute Gasteiger partial charge is 0.238 e. The van der Waals surface area contributed by atoms with Crippen molar-refractivity contribution in [1.82, 2.24) is 10.2 Å². The van der Waals surface area contributed by atoms with Gasteiger partial charge < -0.3 is 10.6 Å². The Morgan fingerprint density at radius 3 is 2.68 bits per heavy atom. The van der Waals surface area contributed by atoms with Crippen LogP contribution in [0.5, 0.6) is 0 Å². The first-order chi connectivity index (χ1) is 10.1. The summed E-state index contributed by atoms with van der Waals surface area (Å²) in [6.45, 7) is 9.88. The Hall–Kier alpha value is -1.10. The second-order valence-electron chi connectivity index (χ2n) is 6.00. The van der Waals surface area contributed by atoms with E-state index in [0.717, 1.165) is 31.7 Å². The Bertz CT molecular complexity index is 463. The van der Waals surface area contributed by atoms with Crippen molar-refractivity contribution in [2.24, 2.45) is 0 Å². The highest BCUT2D eigenvalue weighted by Gasteiger charge is 2.20. The predicted octanol–water partition coefficient (Wildman–Crippen LogP) is 2.85. The number of hydrogen-bond acceptors (Lipinski definition) is 3. The van der Waals surface area contributed by atoms with Crippen LogP contribution in [-0.4, -0.2) is 43.0 Å². The van der Waals surface area contributed by atoms with E-state index >= 15 is 0 Å². The average molecular weight is 326 g/mol. The standard InChI is InChI=1S/C17H27N3O.ClH/c1-4-13(2)15-5-7-16(8-6-15)19-17(21)12-20-10-9-18-11-14(20)3;/h5-8,13-14,18H,4,9-12H2,1-3H3,(H,19,21);1H/t13?,14-;/m1./s1. The molecule has 2 atom stereocenters. The highest BCUT2D eigenvalue weighted by atomic mass is 35.5. The normalized spacial score (nSPS) is 20.0. The van der Waals surface area contributed by atoms with Gasteiger partial charge in [-0.3, -0.25) is 9.69 Å². The van der Waals surface area contributed by atoms with Crippen molar-refractivity contribution in [1.29, 1.82) is 0 Å². The van der Waals surface area contributed by atoms with E-state index in [0.29, 0.717) is 18.5 Å². The van der Waals surface area contributed by atoms with Crippen molar-refractivity contribution in [2.45, 2.75) is 39.2 Å². The maximum Gasteiger partial charge on any atom is 0.238 e. The molecule has 1 unspecified atom stereocenters. The summed E-state index contributed by atoms with van der Waals surface area (Å²) in [7, 11) is 0. The van der Waals surface area contributed by atoms with Crippen LogP contribution in [-0.2, 0) is 4.79 Å². The van der Waals surface area contributed by atoms with E-state index in [-0.39, 0.29) is 18.3 Å². The lowest BCUT2D eigenvalue weighted by molar-refractivity contribution is -0.118. The van der Waals surface area contributed by atoms with E-state index in [1.165, 1.54) is 5.56 Å². The first kappa shape index (κ1) is 18.9. The number of carbonyl (C=O) groups is 1. The molecule has 0 radical (unpaired) electrons. The summed E-state index contributed by atoms with van der Waals surface area (Å²) in [4.78, 5) is 14.3. The van der Waals surface area contributed by atoms with Crippen LogP contribution < -0.4 is 10.6 Å². The maximum atomic E-state index is 12.1. The molecule has 2 rings (SSSR count). The van der Waals surface area contributed by atoms with Crippen molar-refractivity contribution in [3.05, 3.63) is 29.8 Å². The molecule has 5 heteroatoms. The fourth-order valence-corrected chi connectivity index (χ4v) is 2.63. The fourth-order valence-electron chi connectivity index (χ4n) is 2.63. The number of piperazine rings is 1. The first-order valence-electron chi connectivity index (χ1n) is 7.94. The van der Waals surface area contributed by atoms with Gasteiger partial charge in [0.15, 0.2) is 0 Å². The SMILES string of the molecule is CCC(C)c1ccc(NC(=O)CN2CCNC[C@H]2C)cc1.Cl. The summed E-state index contributed by atoms with van der Waals surface area (Å²) in [5, 5.41) is 6.33. The van der Waals surface area contributed by atoms with Crippen LogP contribution in [0, 0.1) is 0 Å². The van der Waals surface area contributed by atoms with Crippen LogP contribution in [0.1, 0.15) is 38.7 Å². The molecule has 22 heavy (non-hydrogen) atoms. The second kappa shape index (κ2) is 9.13. The van der Waals surface area contributed by atoms with Crippen LogP contribution in [0.15, 0.2) is 24.3 Å². The minimum Gasteiger partial charge on any atom is -0.325 e. The molecule has 1 aromatic rings. The summed E-state index contributed by atoms with van der Waals surface area (Å²) in [6.07, 6.45) is 1.13. The number of anilines is 1. The van der Waals surface area contributed by atoms with E-state index < -0.39 is 0 Å². The molecule has 1 aliphatic heterocycles. The van der Waals surface area contributed by atoms with E-state index in [2.05, 4.69) is 48.4 Å². The van der Waals surface area contributed by atoms with Crippen molar-refractivity contribution in [3.63, 3.8) is 0 Å². The van der Waals surface area contributed by atoms with Crippen molar-refractivity contribution >= 4 is 24.0 Å². The minimum absolute atomic E-state index is 0. The summed E-state index contributed by atoms with van der Waals surface area (Å²) in [5.74, 6) is 0.636. The summed E-state index contributed by atoms with van der Waals surface area (Å²) < 4.78 is 0. The van der Waals surface area contributed by atoms with Gasteiger partial charge in [-0.1, -0.05) is 26.0 Å². The molecule has 2 N–H and O–H groups in total. The van der Waals surface area contributed by atoms with E-state index in [1.807, 2.05) is 12.1 Å². The van der Waals surface area contributed by atoms with Gasteiger partial charge in [0.05, 0.1) is 6.54 Å². The Balaban J connectivity index is 0.00000242. The molecule has 1 amide bonds. The van der Waals surface area contributed by atoms with Gasteiger partial charge in [0.1, 0.15) is 0 Å². The number of nitrogens with zero attached hydrogens (tertiary/aromatic N) is 1. The van der Waals surface area contributed by atoms with Gasteiger partial charge in [0, 0.05) is 31.4 Å². The molecule has 1 fully saturated rings. The topological polar surface area (TPSA) is 44.4 Å². The zero-order chi connectivity index (χ0) is 15.2. The fraction of sp³-hybridized carbons (Fsp3) is 0.588. The number of hydrogen-bond donors (Lipinski definition) is 2. The zero-order valence-corrected chi connectivity index (χ0v) is 14.6. The summed E-state index contributed by atoms with van der Waals surface area (Å²) >= 11 is 0. The van der Waals surface area contributed by atoms with Crippen molar-refractivity contribution < 1.29 is 4.79 Å². The van der Waals surface area contributed by atoms with Gasteiger partial charge >= 0.3 is 0 Å². The number of amides is 1. The molecule has 0 spiro atoms. The Morgan fingerprint density at radius 1 is 1.41 bits per heavy atom. The van der Waals surface area contributed by atoms with Gasteiger partial charge in [-0.2, -0.15) is 0 Å². The van der Waals surface area contributed by atoms with Crippen LogP contribution >= 0.6 is 12.4 Å². The third-order valence-electron chi connectivity index (χ3n) is 4.36. The number of halogens is 1. The monoisotopic (exact) mass is 325 g/mol. The largest absolute Gasteiger partial charge is 0.325 e. The quantitative estimate of drug-likeness (QED) is 0.875. The number of carbonyl (C=O) groups excluding carboxylic acids is 1. The average Bonchev–Trinajstić information content (AvgIpc) is 2.49. The van der Waals surface area contributed by atoms with Gasteiger partial charge in [-0.15, -0.1) is 12.4 Å². The predicted molar refractivity (Wildman–Crippen MR) is 94.9 cm³/mol. The summed E-state index contributed by atoms with van der Waals surface area (Å²) in [5.41, 5.74) is 2.21. The number of rotatable bonds is 5. The van der Waals surface area contributed by atoms with E-state index in [1.54, 1.807) is 0 Å². The Kier molecular flexibility index (Phi) is 7.87. The lowest BCUT2D eigenvalue weighted by Gasteiger charge is -2.33. The number of nitrogens with one attached hydrogen (secondary N) is 2. The van der Waals surface area contributed by atoms with Crippen molar-refractivity contribution in [2.75, 3.05) is 31.5 Å². The van der Waals surface area contributed by atoms with Gasteiger partial charge in [0.25, 0.3) is 0 Å². The molecular formula is C17H28ClN3O. The highest BCUT2D eigenvalue weighted by molar-refractivity contribution is 5.92. The molecule has 124 valence electrons. The molecule has 1 saturated heterocycles. The third kappa shape index (κ3) is 5.27. The lowest BCUT2D eigenvalue weighted by atomic mass is 9.99. The van der Waals surface area contributed by atoms with Gasteiger partial charge in [-0.25, -0.2) is 0 Å².